The molecule has 0 N–H and O–H groups in total. The van der Waals surface area contributed by atoms with Crippen LogP contribution in [0.2, 0.25) is 0 Å². The second-order valence-corrected chi connectivity index (χ2v) is 8.53. The van der Waals surface area contributed by atoms with E-state index in [1.165, 1.54) is 0 Å². The smallest absolute Gasteiger partial charge is 0.312 e. The highest BCUT2D eigenvalue weighted by Gasteiger charge is 2.43. The van der Waals surface area contributed by atoms with Gasteiger partial charge in [-0.1, -0.05) is 24.6 Å². The van der Waals surface area contributed by atoms with Gasteiger partial charge in [-0.25, -0.2) is 8.78 Å². The molecular formula is C25H27F2NO4. The Hall–Kier alpha value is -2.96. The molecule has 0 unspecified atom stereocenters. The van der Waals surface area contributed by atoms with Gasteiger partial charge in [0.2, 0.25) is 0 Å². The Labute approximate surface area is 186 Å². The molecule has 0 aromatic heterocycles. The fourth-order valence-electron chi connectivity index (χ4n) is 4.62. The molecule has 1 spiro atoms. The molecule has 0 bridgehead atoms. The summed E-state index contributed by atoms with van der Waals surface area (Å²) < 4.78 is 38.4. The van der Waals surface area contributed by atoms with Gasteiger partial charge in [0.05, 0.1) is 5.41 Å². The summed E-state index contributed by atoms with van der Waals surface area (Å²) in [5, 5.41) is 0. The number of esters is 1. The molecule has 5 nitrogen and oxygen atoms in total. The van der Waals surface area contributed by atoms with Crippen molar-refractivity contribution in [3.8, 4) is 5.75 Å². The van der Waals surface area contributed by atoms with Gasteiger partial charge >= 0.3 is 5.97 Å². The quantitative estimate of drug-likeness (QED) is 0.608. The van der Waals surface area contributed by atoms with Crippen LogP contribution in [0.25, 0.3) is 0 Å². The Bertz CT molecular complexity index is 965. The molecule has 1 fully saturated rings. The first-order chi connectivity index (χ1) is 15.5. The van der Waals surface area contributed by atoms with Crippen LogP contribution in [0, 0.1) is 17.0 Å². The monoisotopic (exact) mass is 443 g/mol. The van der Waals surface area contributed by atoms with Gasteiger partial charge in [0.1, 0.15) is 30.6 Å². The third-order valence-corrected chi connectivity index (χ3v) is 6.45. The lowest BCUT2D eigenvalue weighted by Crippen LogP contribution is -2.47. The number of rotatable bonds is 1. The van der Waals surface area contributed by atoms with Crippen LogP contribution in [0.4, 0.5) is 8.78 Å². The number of carbonyl (C=O) groups is 2. The second-order valence-electron chi connectivity index (χ2n) is 8.53. The summed E-state index contributed by atoms with van der Waals surface area (Å²) in [6.45, 7) is 1.13. The maximum Gasteiger partial charge on any atom is 0.312 e. The van der Waals surface area contributed by atoms with Crippen molar-refractivity contribution in [1.82, 2.24) is 4.90 Å². The van der Waals surface area contributed by atoms with Crippen molar-refractivity contribution in [2.24, 2.45) is 5.41 Å². The number of hydrogen-bond acceptors (Lipinski definition) is 4. The molecule has 170 valence electrons. The standard InChI is InChI=1S/C25H27F2NO4/c26-20-15-19(16-21(27)17-20)23(29)28-11-9-25(10-12-28)8-4-3-6-18-5-1-2-7-22(18)31-13-14-32-24(25)30/h1-2,5,7,15-17H,3-4,6,8-14H2. The van der Waals surface area contributed by atoms with Crippen LogP contribution in [0.5, 0.6) is 5.75 Å². The van der Waals surface area contributed by atoms with Crippen LogP contribution in [0.15, 0.2) is 42.5 Å². The van der Waals surface area contributed by atoms with Gasteiger partial charge in [-0.2, -0.15) is 0 Å². The van der Waals surface area contributed by atoms with Crippen LogP contribution in [-0.2, 0) is 16.0 Å². The van der Waals surface area contributed by atoms with Crippen LogP contribution in [0.1, 0.15) is 48.0 Å². The normalized spacial score (nSPS) is 19.2. The molecule has 2 aromatic rings. The number of fused-ring (bicyclic) bond motifs is 1. The van der Waals surface area contributed by atoms with E-state index < -0.39 is 23.0 Å². The number of cyclic esters (lactones) is 1. The van der Waals surface area contributed by atoms with Gasteiger partial charge in [0.15, 0.2) is 0 Å². The zero-order valence-electron chi connectivity index (χ0n) is 17.9. The summed E-state index contributed by atoms with van der Waals surface area (Å²) in [7, 11) is 0. The van der Waals surface area contributed by atoms with Crippen molar-refractivity contribution < 1.29 is 27.8 Å². The minimum Gasteiger partial charge on any atom is -0.490 e. The Kier molecular flexibility index (Phi) is 6.72. The van der Waals surface area contributed by atoms with E-state index >= 15 is 0 Å². The van der Waals surface area contributed by atoms with Crippen molar-refractivity contribution in [2.45, 2.75) is 38.5 Å². The molecule has 1 amide bonds. The van der Waals surface area contributed by atoms with Crippen LogP contribution >= 0.6 is 0 Å². The predicted octanol–water partition coefficient (Wildman–Crippen LogP) is 4.54. The lowest BCUT2D eigenvalue weighted by atomic mass is 9.74. The SMILES string of the molecule is O=C(c1cc(F)cc(F)c1)N1CCC2(CCCCc3ccccc3OCCOC2=O)CC1. The first kappa shape index (κ1) is 22.2. The van der Waals surface area contributed by atoms with Gasteiger partial charge in [0.25, 0.3) is 5.91 Å². The molecule has 2 aromatic carbocycles. The summed E-state index contributed by atoms with van der Waals surface area (Å²) in [5.41, 5.74) is 0.481. The van der Waals surface area contributed by atoms with Crippen LogP contribution < -0.4 is 4.74 Å². The molecule has 0 aliphatic carbocycles. The molecule has 4 rings (SSSR count). The second kappa shape index (κ2) is 9.67. The molecule has 32 heavy (non-hydrogen) atoms. The van der Waals surface area contributed by atoms with E-state index in [0.717, 1.165) is 48.8 Å². The molecule has 0 radical (unpaired) electrons. The summed E-state index contributed by atoms with van der Waals surface area (Å²) in [6, 6.07) is 10.7. The third-order valence-electron chi connectivity index (χ3n) is 6.45. The minimum absolute atomic E-state index is 0.0180. The minimum atomic E-state index is -0.784. The van der Waals surface area contributed by atoms with Gasteiger partial charge in [-0.15, -0.1) is 0 Å². The van der Waals surface area contributed by atoms with E-state index in [1.807, 2.05) is 18.2 Å². The highest BCUT2D eigenvalue weighted by atomic mass is 19.1. The van der Waals surface area contributed by atoms with Crippen molar-refractivity contribution in [1.29, 1.82) is 0 Å². The average Bonchev–Trinajstić information content (AvgIpc) is 2.78. The van der Waals surface area contributed by atoms with Crippen LogP contribution in [-0.4, -0.2) is 43.1 Å². The number of likely N-dealkylation sites (tertiary alicyclic amines) is 1. The number of piperidine rings is 1. The summed E-state index contributed by atoms with van der Waals surface area (Å²) in [6.07, 6.45) is 4.26. The van der Waals surface area contributed by atoms with Crippen molar-refractivity contribution in [2.75, 3.05) is 26.3 Å². The number of amides is 1. The zero-order valence-corrected chi connectivity index (χ0v) is 17.9. The van der Waals surface area contributed by atoms with E-state index in [-0.39, 0.29) is 24.7 Å². The zero-order chi connectivity index (χ0) is 22.6. The number of benzene rings is 2. The lowest BCUT2D eigenvalue weighted by Gasteiger charge is -2.40. The fraction of sp³-hybridized carbons (Fsp3) is 0.440. The maximum atomic E-state index is 13.5. The summed E-state index contributed by atoms with van der Waals surface area (Å²) >= 11 is 0. The largest absolute Gasteiger partial charge is 0.490 e. The highest BCUT2D eigenvalue weighted by Crippen LogP contribution is 2.39. The predicted molar refractivity (Wildman–Crippen MR) is 114 cm³/mol. The molecule has 0 saturated carbocycles. The Morgan fingerprint density at radius 1 is 0.906 bits per heavy atom. The van der Waals surface area contributed by atoms with Crippen molar-refractivity contribution in [3.05, 3.63) is 65.2 Å². The number of hydrogen-bond donors (Lipinski definition) is 0. The molecule has 7 heteroatoms. The fourth-order valence-corrected chi connectivity index (χ4v) is 4.62. The van der Waals surface area contributed by atoms with Gasteiger partial charge in [0, 0.05) is 24.7 Å². The molecule has 2 heterocycles. The van der Waals surface area contributed by atoms with Crippen LogP contribution in [0.3, 0.4) is 0 Å². The van der Waals surface area contributed by atoms with E-state index in [2.05, 4.69) is 6.07 Å². The molecule has 1 saturated heterocycles. The highest BCUT2D eigenvalue weighted by molar-refractivity contribution is 5.94. The van der Waals surface area contributed by atoms with Crippen molar-refractivity contribution >= 4 is 11.9 Å². The van der Waals surface area contributed by atoms with E-state index in [0.29, 0.717) is 32.4 Å². The topological polar surface area (TPSA) is 55.8 Å². The van der Waals surface area contributed by atoms with Gasteiger partial charge in [-0.3, -0.25) is 9.59 Å². The number of carbonyl (C=O) groups excluding carboxylic acids is 2. The summed E-state index contributed by atoms with van der Waals surface area (Å²) in [5.74, 6) is -1.41. The number of halogens is 2. The Morgan fingerprint density at radius 3 is 2.34 bits per heavy atom. The van der Waals surface area contributed by atoms with E-state index in [4.69, 9.17) is 9.47 Å². The maximum absolute atomic E-state index is 13.5. The van der Waals surface area contributed by atoms with E-state index in [1.54, 1.807) is 4.90 Å². The molecular weight excluding hydrogens is 416 g/mol. The number of ether oxygens (including phenoxy) is 2. The number of para-hydroxylation sites is 1. The average molecular weight is 443 g/mol. The first-order valence-corrected chi connectivity index (χ1v) is 11.1. The van der Waals surface area contributed by atoms with Crippen molar-refractivity contribution in [3.63, 3.8) is 0 Å². The van der Waals surface area contributed by atoms with Gasteiger partial charge in [-0.05, 0) is 55.9 Å². The molecule has 2 aliphatic rings. The summed E-state index contributed by atoms with van der Waals surface area (Å²) in [4.78, 5) is 27.3. The number of aryl methyl sites for hydroxylation is 1. The first-order valence-electron chi connectivity index (χ1n) is 11.1. The molecule has 2 aliphatic heterocycles. The number of nitrogens with zero attached hydrogens (tertiary/aromatic N) is 1. The Balaban J connectivity index is 1.43. The van der Waals surface area contributed by atoms with E-state index in [9.17, 15) is 18.4 Å². The third kappa shape index (κ3) is 4.92. The Morgan fingerprint density at radius 2 is 1.59 bits per heavy atom. The van der Waals surface area contributed by atoms with Gasteiger partial charge < -0.3 is 14.4 Å². The molecule has 0 atom stereocenters. The lowest BCUT2D eigenvalue weighted by molar-refractivity contribution is -0.160.